The number of carbonyl (C=O) groups excluding carboxylic acids is 1. The van der Waals surface area contributed by atoms with Crippen molar-refractivity contribution in [3.63, 3.8) is 0 Å². The maximum absolute atomic E-state index is 12.3. The lowest BCUT2D eigenvalue weighted by atomic mass is 9.90. The molecule has 1 aliphatic rings. The van der Waals surface area contributed by atoms with Crippen LogP contribution in [-0.4, -0.2) is 67.1 Å². The summed E-state index contributed by atoms with van der Waals surface area (Å²) in [6.07, 6.45) is 0. The molecule has 0 bridgehead atoms. The van der Waals surface area contributed by atoms with E-state index in [1.165, 1.54) is 0 Å². The molecule has 6 heteroatoms. The number of para-hydroxylation sites is 1. The van der Waals surface area contributed by atoms with Crippen LogP contribution in [0.15, 0.2) is 30.3 Å². The zero-order valence-electron chi connectivity index (χ0n) is 16.1. The van der Waals surface area contributed by atoms with Gasteiger partial charge in [-0.1, -0.05) is 32.0 Å². The van der Waals surface area contributed by atoms with Gasteiger partial charge in [-0.05, 0) is 25.0 Å². The van der Waals surface area contributed by atoms with Gasteiger partial charge in [-0.15, -0.1) is 0 Å². The zero-order valence-corrected chi connectivity index (χ0v) is 16.1. The molecule has 1 atom stereocenters. The summed E-state index contributed by atoms with van der Waals surface area (Å²) in [5, 5.41) is 12.2. The fourth-order valence-electron chi connectivity index (χ4n) is 2.81. The zero-order chi connectivity index (χ0) is 19.0. The van der Waals surface area contributed by atoms with E-state index in [2.05, 4.69) is 21.2 Å². The molecule has 1 N–H and O–H groups in total. The molecular formula is C20H30N4O2. The molecule has 1 fully saturated rings. The summed E-state index contributed by atoms with van der Waals surface area (Å²) in [7, 11) is 0. The molecule has 0 aromatic heterocycles. The van der Waals surface area contributed by atoms with E-state index in [4.69, 9.17) is 4.74 Å². The molecule has 1 amide bonds. The van der Waals surface area contributed by atoms with Crippen molar-refractivity contribution in [3.8, 4) is 11.8 Å². The molecule has 6 nitrogen and oxygen atoms in total. The Morgan fingerprint density at radius 1 is 1.23 bits per heavy atom. The lowest BCUT2D eigenvalue weighted by Crippen LogP contribution is -2.54. The lowest BCUT2D eigenvalue weighted by molar-refractivity contribution is -0.124. The van der Waals surface area contributed by atoms with Gasteiger partial charge < -0.3 is 10.1 Å². The molecule has 1 heterocycles. The third-order valence-electron chi connectivity index (χ3n) is 5.04. The van der Waals surface area contributed by atoms with Gasteiger partial charge in [-0.3, -0.25) is 14.6 Å². The minimum Gasteiger partial charge on any atom is -0.492 e. The number of piperazine rings is 1. The number of benzene rings is 1. The molecule has 0 radical (unpaired) electrons. The van der Waals surface area contributed by atoms with Gasteiger partial charge in [-0.25, -0.2) is 0 Å². The third-order valence-corrected chi connectivity index (χ3v) is 5.04. The molecular weight excluding hydrogens is 328 g/mol. The Morgan fingerprint density at radius 2 is 1.85 bits per heavy atom. The largest absolute Gasteiger partial charge is 0.492 e. The van der Waals surface area contributed by atoms with Crippen molar-refractivity contribution in [3.05, 3.63) is 30.3 Å². The minimum atomic E-state index is -0.812. The average molecular weight is 358 g/mol. The highest BCUT2D eigenvalue weighted by Crippen LogP contribution is 2.15. The quantitative estimate of drug-likeness (QED) is 0.767. The molecule has 142 valence electrons. The fraction of sp³-hybridized carbons (Fsp3) is 0.600. The number of nitriles is 1. The van der Waals surface area contributed by atoms with Gasteiger partial charge >= 0.3 is 0 Å². The number of nitrogens with zero attached hydrogens (tertiary/aromatic N) is 3. The highest BCUT2D eigenvalue weighted by molar-refractivity contribution is 5.79. The van der Waals surface area contributed by atoms with Crippen LogP contribution in [0, 0.1) is 17.2 Å². The average Bonchev–Trinajstić information content (AvgIpc) is 2.63. The smallest absolute Gasteiger partial charge is 0.235 e. The van der Waals surface area contributed by atoms with E-state index in [0.717, 1.165) is 38.5 Å². The van der Waals surface area contributed by atoms with Crippen LogP contribution in [0.4, 0.5) is 0 Å². The van der Waals surface area contributed by atoms with Crippen molar-refractivity contribution >= 4 is 5.91 Å². The van der Waals surface area contributed by atoms with Gasteiger partial charge in [0.15, 0.2) is 0 Å². The number of nitrogens with one attached hydrogen (secondary N) is 1. The summed E-state index contributed by atoms with van der Waals surface area (Å²) in [4.78, 5) is 16.8. The Balaban J connectivity index is 1.66. The van der Waals surface area contributed by atoms with Crippen LogP contribution in [0.2, 0.25) is 0 Å². The van der Waals surface area contributed by atoms with Crippen molar-refractivity contribution in [1.82, 2.24) is 15.1 Å². The van der Waals surface area contributed by atoms with Crippen molar-refractivity contribution < 1.29 is 9.53 Å². The first kappa shape index (κ1) is 20.2. The normalized spacial score (nSPS) is 18.1. The van der Waals surface area contributed by atoms with Crippen LogP contribution in [0.5, 0.6) is 5.75 Å². The topological polar surface area (TPSA) is 68.6 Å². The maximum Gasteiger partial charge on any atom is 0.235 e. The number of hydrogen-bond acceptors (Lipinski definition) is 5. The summed E-state index contributed by atoms with van der Waals surface area (Å²) in [5.41, 5.74) is -0.812. The van der Waals surface area contributed by atoms with E-state index in [1.54, 1.807) is 6.92 Å². The predicted molar refractivity (Wildman–Crippen MR) is 102 cm³/mol. The number of amides is 1. The van der Waals surface area contributed by atoms with E-state index in [9.17, 15) is 10.1 Å². The van der Waals surface area contributed by atoms with E-state index in [-0.39, 0.29) is 11.8 Å². The summed E-state index contributed by atoms with van der Waals surface area (Å²) in [6, 6.07) is 12.0. The van der Waals surface area contributed by atoms with Crippen LogP contribution < -0.4 is 10.1 Å². The molecule has 1 aliphatic heterocycles. The predicted octanol–water partition coefficient (Wildman–Crippen LogP) is 1.74. The molecule has 0 aliphatic carbocycles. The van der Waals surface area contributed by atoms with Crippen LogP contribution in [0.3, 0.4) is 0 Å². The lowest BCUT2D eigenvalue weighted by Gasteiger charge is -2.35. The van der Waals surface area contributed by atoms with Crippen LogP contribution >= 0.6 is 0 Å². The number of ether oxygens (including phenoxy) is 1. The van der Waals surface area contributed by atoms with Gasteiger partial charge in [0.25, 0.3) is 0 Å². The Kier molecular flexibility index (Phi) is 7.43. The monoisotopic (exact) mass is 358 g/mol. The summed E-state index contributed by atoms with van der Waals surface area (Å²) in [6.45, 7) is 11.1. The molecule has 1 aromatic rings. The maximum atomic E-state index is 12.3. The molecule has 1 unspecified atom stereocenters. The summed E-state index contributed by atoms with van der Waals surface area (Å²) in [5.74, 6) is 0.884. The SMILES string of the molecule is CC(C)C(C)(C#N)NC(=O)CN1CCN(CCOc2ccccc2)CC1. The van der Waals surface area contributed by atoms with Crippen LogP contribution in [0.1, 0.15) is 20.8 Å². The Morgan fingerprint density at radius 3 is 2.42 bits per heavy atom. The van der Waals surface area contributed by atoms with Crippen LogP contribution in [0.25, 0.3) is 0 Å². The first-order valence-electron chi connectivity index (χ1n) is 9.28. The second-order valence-corrected chi connectivity index (χ2v) is 7.30. The first-order chi connectivity index (χ1) is 12.4. The van der Waals surface area contributed by atoms with E-state index in [0.29, 0.717) is 13.2 Å². The Bertz CT molecular complexity index is 606. The molecule has 26 heavy (non-hydrogen) atoms. The van der Waals surface area contributed by atoms with Gasteiger partial charge in [0.05, 0.1) is 12.6 Å². The standard InChI is InChI=1S/C20H30N4O2/c1-17(2)20(3,16-21)22-19(25)15-24-11-9-23(10-12-24)13-14-26-18-7-5-4-6-8-18/h4-8,17H,9-15H2,1-3H3,(H,22,25). The van der Waals surface area contributed by atoms with Gasteiger partial charge in [0.1, 0.15) is 17.9 Å². The Hall–Kier alpha value is -2.10. The summed E-state index contributed by atoms with van der Waals surface area (Å²) >= 11 is 0. The van der Waals surface area contributed by atoms with Crippen molar-refractivity contribution in [2.24, 2.45) is 5.92 Å². The van der Waals surface area contributed by atoms with E-state index in [1.807, 2.05) is 44.2 Å². The molecule has 2 rings (SSSR count). The van der Waals surface area contributed by atoms with Crippen LogP contribution in [-0.2, 0) is 4.79 Å². The van der Waals surface area contributed by atoms with Crippen molar-refractivity contribution in [1.29, 1.82) is 5.26 Å². The second-order valence-electron chi connectivity index (χ2n) is 7.30. The van der Waals surface area contributed by atoms with Crippen molar-refractivity contribution in [2.45, 2.75) is 26.3 Å². The molecule has 0 saturated carbocycles. The fourth-order valence-corrected chi connectivity index (χ4v) is 2.81. The van der Waals surface area contributed by atoms with Crippen molar-refractivity contribution in [2.75, 3.05) is 45.9 Å². The Labute approximate surface area is 156 Å². The van der Waals surface area contributed by atoms with E-state index >= 15 is 0 Å². The highest BCUT2D eigenvalue weighted by atomic mass is 16.5. The number of hydrogen-bond donors (Lipinski definition) is 1. The molecule has 1 saturated heterocycles. The molecule has 0 spiro atoms. The first-order valence-corrected chi connectivity index (χ1v) is 9.28. The molecule has 1 aromatic carbocycles. The highest BCUT2D eigenvalue weighted by Gasteiger charge is 2.30. The van der Waals surface area contributed by atoms with E-state index < -0.39 is 5.54 Å². The third kappa shape index (κ3) is 6.01. The number of carbonyl (C=O) groups is 1. The van der Waals surface area contributed by atoms with Gasteiger partial charge in [0.2, 0.25) is 5.91 Å². The van der Waals surface area contributed by atoms with Gasteiger partial charge in [-0.2, -0.15) is 5.26 Å². The number of rotatable bonds is 8. The second kappa shape index (κ2) is 9.56. The summed E-state index contributed by atoms with van der Waals surface area (Å²) < 4.78 is 5.74. The van der Waals surface area contributed by atoms with Gasteiger partial charge in [0, 0.05) is 32.7 Å². The minimum absolute atomic E-state index is 0.0675.